The van der Waals surface area contributed by atoms with Gasteiger partial charge in [0.05, 0.1) is 20.9 Å². The Balaban J connectivity index is 2.19. The number of thiocarbonyl (C=S) groups is 1. The van der Waals surface area contributed by atoms with Crippen molar-refractivity contribution in [2.24, 2.45) is 5.73 Å². The minimum absolute atomic E-state index is 0.311. The van der Waals surface area contributed by atoms with Crippen LogP contribution in [0.4, 0.5) is 0 Å². The van der Waals surface area contributed by atoms with E-state index < -0.39 is 0 Å². The monoisotopic (exact) mass is 387 g/mol. The quantitative estimate of drug-likeness (QED) is 0.791. The molecule has 112 valence electrons. The number of ether oxygens (including phenoxy) is 1. The molecule has 0 saturated carbocycles. The van der Waals surface area contributed by atoms with Crippen LogP contribution in [-0.2, 0) is 13.2 Å². The summed E-state index contributed by atoms with van der Waals surface area (Å²) in [5, 5.41) is 4.91. The van der Waals surface area contributed by atoms with Crippen molar-refractivity contribution in [1.29, 1.82) is 0 Å². The molecule has 0 atom stereocenters. The Morgan fingerprint density at radius 2 is 2.24 bits per heavy atom. The second kappa shape index (κ2) is 6.77. The summed E-state index contributed by atoms with van der Waals surface area (Å²) in [5.74, 6) is 0.588. The number of aromatic nitrogens is 2. The number of benzene rings is 1. The van der Waals surface area contributed by atoms with Gasteiger partial charge in [0.25, 0.3) is 0 Å². The Bertz CT molecular complexity index is 687. The van der Waals surface area contributed by atoms with E-state index in [2.05, 4.69) is 21.0 Å². The average molecular weight is 389 g/mol. The zero-order valence-electron chi connectivity index (χ0n) is 11.7. The van der Waals surface area contributed by atoms with Gasteiger partial charge in [0.15, 0.2) is 0 Å². The van der Waals surface area contributed by atoms with Gasteiger partial charge in [0.1, 0.15) is 17.3 Å². The van der Waals surface area contributed by atoms with Gasteiger partial charge in [0.2, 0.25) is 0 Å². The zero-order chi connectivity index (χ0) is 15.6. The molecule has 1 aromatic carbocycles. The molecule has 2 rings (SSSR count). The Morgan fingerprint density at radius 3 is 2.81 bits per heavy atom. The lowest BCUT2D eigenvalue weighted by atomic mass is 10.2. The predicted molar refractivity (Wildman–Crippen MR) is 92.0 cm³/mol. The minimum atomic E-state index is 0.311. The standard InChI is InChI=1S/C14H15BrClN3OS/c1-3-19-11(13(15)8(2)18-19)7-20-12-5-4-9(14(17)21)6-10(12)16/h4-6H,3,7H2,1-2H3,(H2,17,21). The third kappa shape index (κ3) is 3.56. The molecule has 0 saturated heterocycles. The van der Waals surface area contributed by atoms with Crippen LogP contribution in [-0.4, -0.2) is 14.8 Å². The lowest BCUT2D eigenvalue weighted by Gasteiger charge is -2.10. The largest absolute Gasteiger partial charge is 0.486 e. The summed E-state index contributed by atoms with van der Waals surface area (Å²) in [6, 6.07) is 5.27. The molecule has 7 heteroatoms. The molecule has 2 N–H and O–H groups in total. The van der Waals surface area contributed by atoms with Gasteiger partial charge in [0, 0.05) is 12.1 Å². The molecular weight excluding hydrogens is 374 g/mol. The fourth-order valence-corrected chi connectivity index (χ4v) is 2.68. The molecule has 4 nitrogen and oxygen atoms in total. The SMILES string of the molecule is CCn1nc(C)c(Br)c1COc1ccc(C(N)=S)cc1Cl. The van der Waals surface area contributed by atoms with Crippen LogP contribution in [0, 0.1) is 6.92 Å². The molecule has 0 aliphatic rings. The van der Waals surface area contributed by atoms with Crippen LogP contribution < -0.4 is 10.5 Å². The molecule has 0 fully saturated rings. The van der Waals surface area contributed by atoms with Crippen molar-refractivity contribution >= 4 is 44.7 Å². The highest BCUT2D eigenvalue weighted by atomic mass is 79.9. The van der Waals surface area contributed by atoms with E-state index in [4.69, 9.17) is 34.3 Å². The van der Waals surface area contributed by atoms with E-state index in [-0.39, 0.29) is 0 Å². The maximum absolute atomic E-state index is 6.18. The molecule has 0 bridgehead atoms. The van der Waals surface area contributed by atoms with Gasteiger partial charge in [-0.2, -0.15) is 5.10 Å². The number of halogens is 2. The molecule has 1 heterocycles. The number of hydrogen-bond acceptors (Lipinski definition) is 3. The van der Waals surface area contributed by atoms with Crippen molar-refractivity contribution in [2.45, 2.75) is 27.0 Å². The summed E-state index contributed by atoms with van der Waals surface area (Å²) in [7, 11) is 0. The highest BCUT2D eigenvalue weighted by molar-refractivity contribution is 9.10. The van der Waals surface area contributed by atoms with Gasteiger partial charge in [-0.25, -0.2) is 0 Å². The lowest BCUT2D eigenvalue weighted by Crippen LogP contribution is -2.09. The molecule has 0 spiro atoms. The van der Waals surface area contributed by atoms with Gasteiger partial charge < -0.3 is 10.5 Å². The van der Waals surface area contributed by atoms with E-state index in [1.165, 1.54) is 0 Å². The third-order valence-corrected chi connectivity index (χ3v) is 4.60. The Labute approximate surface area is 142 Å². The molecule has 0 radical (unpaired) electrons. The number of rotatable bonds is 5. The van der Waals surface area contributed by atoms with E-state index >= 15 is 0 Å². The molecule has 2 aromatic rings. The first kappa shape index (κ1) is 16.3. The topological polar surface area (TPSA) is 53.1 Å². The summed E-state index contributed by atoms with van der Waals surface area (Å²) in [4.78, 5) is 0.311. The predicted octanol–water partition coefficient (Wildman–Crippen LogP) is 3.84. The maximum atomic E-state index is 6.18. The summed E-state index contributed by atoms with van der Waals surface area (Å²) >= 11 is 14.6. The first-order valence-corrected chi connectivity index (χ1v) is 7.95. The summed E-state index contributed by atoms with van der Waals surface area (Å²) < 4.78 is 8.65. The average Bonchev–Trinajstić information content (AvgIpc) is 2.72. The molecule has 0 aliphatic heterocycles. The van der Waals surface area contributed by atoms with E-state index in [1.54, 1.807) is 18.2 Å². The van der Waals surface area contributed by atoms with Gasteiger partial charge in [-0.05, 0) is 48.0 Å². The van der Waals surface area contributed by atoms with Gasteiger partial charge in [-0.3, -0.25) is 4.68 Å². The van der Waals surface area contributed by atoms with Crippen molar-refractivity contribution < 1.29 is 4.74 Å². The normalized spacial score (nSPS) is 10.7. The number of nitrogens with zero attached hydrogens (tertiary/aromatic N) is 2. The first-order valence-electron chi connectivity index (χ1n) is 6.38. The zero-order valence-corrected chi connectivity index (χ0v) is 14.8. The fraction of sp³-hybridized carbons (Fsp3) is 0.286. The Hall–Kier alpha value is -1.11. The molecule has 0 amide bonds. The van der Waals surface area contributed by atoms with Gasteiger partial charge >= 0.3 is 0 Å². The third-order valence-electron chi connectivity index (χ3n) is 3.03. The maximum Gasteiger partial charge on any atom is 0.138 e. The van der Waals surface area contributed by atoms with Crippen molar-refractivity contribution in [2.75, 3.05) is 0 Å². The summed E-state index contributed by atoms with van der Waals surface area (Å²) in [6.45, 7) is 5.14. The Morgan fingerprint density at radius 1 is 1.52 bits per heavy atom. The van der Waals surface area contributed by atoms with E-state index in [1.807, 2.05) is 18.5 Å². The van der Waals surface area contributed by atoms with E-state index in [9.17, 15) is 0 Å². The van der Waals surface area contributed by atoms with Crippen LogP contribution in [0.1, 0.15) is 23.9 Å². The summed E-state index contributed by atoms with van der Waals surface area (Å²) in [5.41, 5.74) is 8.20. The number of aryl methyl sites for hydroxylation is 2. The highest BCUT2D eigenvalue weighted by Gasteiger charge is 2.13. The molecular formula is C14H15BrClN3OS. The van der Waals surface area contributed by atoms with Crippen LogP contribution >= 0.6 is 39.7 Å². The summed E-state index contributed by atoms with van der Waals surface area (Å²) in [6.07, 6.45) is 0. The van der Waals surface area contributed by atoms with Crippen molar-refractivity contribution in [3.63, 3.8) is 0 Å². The lowest BCUT2D eigenvalue weighted by molar-refractivity contribution is 0.292. The van der Waals surface area contributed by atoms with Crippen molar-refractivity contribution in [3.05, 3.63) is 44.6 Å². The second-order valence-electron chi connectivity index (χ2n) is 4.46. The minimum Gasteiger partial charge on any atom is -0.486 e. The molecule has 0 aliphatic carbocycles. The van der Waals surface area contributed by atoms with Gasteiger partial charge in [-0.15, -0.1) is 0 Å². The van der Waals surface area contributed by atoms with Gasteiger partial charge in [-0.1, -0.05) is 23.8 Å². The van der Waals surface area contributed by atoms with Crippen LogP contribution in [0.2, 0.25) is 5.02 Å². The molecule has 1 aromatic heterocycles. The van der Waals surface area contributed by atoms with E-state index in [0.29, 0.717) is 22.4 Å². The van der Waals surface area contributed by atoms with Crippen LogP contribution in [0.3, 0.4) is 0 Å². The molecule has 0 unspecified atom stereocenters. The van der Waals surface area contributed by atoms with Crippen LogP contribution in [0.25, 0.3) is 0 Å². The Kier molecular flexibility index (Phi) is 5.24. The van der Waals surface area contributed by atoms with Crippen molar-refractivity contribution in [3.8, 4) is 5.75 Å². The fourth-order valence-electron chi connectivity index (χ4n) is 1.92. The first-order chi connectivity index (χ1) is 9.93. The van der Waals surface area contributed by atoms with Crippen molar-refractivity contribution in [1.82, 2.24) is 9.78 Å². The van der Waals surface area contributed by atoms with Crippen LogP contribution in [0.5, 0.6) is 5.75 Å². The van der Waals surface area contributed by atoms with Crippen LogP contribution in [0.15, 0.2) is 22.7 Å². The number of hydrogen-bond donors (Lipinski definition) is 1. The molecule has 21 heavy (non-hydrogen) atoms. The number of nitrogens with two attached hydrogens (primary N) is 1. The smallest absolute Gasteiger partial charge is 0.138 e. The van der Waals surface area contributed by atoms with E-state index in [0.717, 1.165) is 28.0 Å². The highest BCUT2D eigenvalue weighted by Crippen LogP contribution is 2.28. The second-order valence-corrected chi connectivity index (χ2v) is 6.10.